The van der Waals surface area contributed by atoms with E-state index in [-0.39, 0.29) is 10.6 Å². The Balaban J connectivity index is 1.16. The molecule has 2 aromatic rings. The van der Waals surface area contributed by atoms with Crippen molar-refractivity contribution < 1.29 is 4.92 Å². The number of anilines is 2. The Bertz CT molecular complexity index is 994. The van der Waals surface area contributed by atoms with Gasteiger partial charge in [0.05, 0.1) is 9.91 Å². The van der Waals surface area contributed by atoms with Crippen molar-refractivity contribution in [2.75, 3.05) is 36.4 Å². The quantitative estimate of drug-likeness (QED) is 0.293. The number of nitrogens with zero attached hydrogens (tertiary/aromatic N) is 3. The predicted octanol–water partition coefficient (Wildman–Crippen LogP) is 6.11. The van der Waals surface area contributed by atoms with E-state index in [1.807, 2.05) is 12.1 Å². The lowest BCUT2D eigenvalue weighted by Gasteiger charge is -2.38. The van der Waals surface area contributed by atoms with Crippen molar-refractivity contribution in [2.45, 2.75) is 58.4 Å². The molecule has 1 saturated heterocycles. The van der Waals surface area contributed by atoms with Gasteiger partial charge in [-0.2, -0.15) is 0 Å². The highest BCUT2D eigenvalue weighted by Gasteiger charge is 2.24. The number of piperazine rings is 1. The fraction of sp³-hybridized carbons (Fsp3) is 0.519. The standard InChI is InChI=1S/C27H36N4O2S/c1-20-3-11-25(12-4-20)29-15-17-30(18-16-29)27(34)14-7-22-5-8-23(9-6-22)28-24-10-13-26(31(32)33)21(2)19-24/h3-4,10-13,19,22-23,28H,5-9,14-18H2,1-2H3. The fourth-order valence-corrected chi connectivity index (χ4v) is 5.54. The van der Waals surface area contributed by atoms with Gasteiger partial charge in [0.1, 0.15) is 0 Å². The molecule has 0 spiro atoms. The van der Waals surface area contributed by atoms with Gasteiger partial charge in [0.15, 0.2) is 0 Å². The van der Waals surface area contributed by atoms with Crippen LogP contribution in [0, 0.1) is 29.9 Å². The van der Waals surface area contributed by atoms with E-state index in [2.05, 4.69) is 46.3 Å². The number of nitro benzene ring substituents is 1. The van der Waals surface area contributed by atoms with Gasteiger partial charge < -0.3 is 15.1 Å². The van der Waals surface area contributed by atoms with Crippen molar-refractivity contribution in [2.24, 2.45) is 5.92 Å². The van der Waals surface area contributed by atoms with E-state index in [1.54, 1.807) is 13.0 Å². The van der Waals surface area contributed by atoms with Crippen LogP contribution in [-0.4, -0.2) is 47.0 Å². The Morgan fingerprint density at radius 2 is 1.71 bits per heavy atom. The Kier molecular flexibility index (Phi) is 8.03. The number of nitrogens with one attached hydrogen (secondary N) is 1. The minimum atomic E-state index is -0.321. The molecule has 0 atom stereocenters. The van der Waals surface area contributed by atoms with Crippen LogP contribution in [0.15, 0.2) is 42.5 Å². The van der Waals surface area contributed by atoms with Crippen LogP contribution in [-0.2, 0) is 0 Å². The number of hydrogen-bond acceptors (Lipinski definition) is 5. The molecule has 0 unspecified atom stereocenters. The summed E-state index contributed by atoms with van der Waals surface area (Å²) >= 11 is 5.81. The third-order valence-electron chi connectivity index (χ3n) is 7.41. The summed E-state index contributed by atoms with van der Waals surface area (Å²) in [6, 6.07) is 14.6. The van der Waals surface area contributed by atoms with E-state index in [0.29, 0.717) is 11.6 Å². The van der Waals surface area contributed by atoms with Gasteiger partial charge in [-0.25, -0.2) is 0 Å². The minimum absolute atomic E-state index is 0.182. The van der Waals surface area contributed by atoms with Crippen molar-refractivity contribution in [1.29, 1.82) is 0 Å². The van der Waals surface area contributed by atoms with Gasteiger partial charge in [-0.15, -0.1) is 0 Å². The van der Waals surface area contributed by atoms with Gasteiger partial charge in [0.2, 0.25) is 0 Å². The molecular weight excluding hydrogens is 444 g/mol. The second kappa shape index (κ2) is 11.2. The zero-order chi connectivity index (χ0) is 24.1. The van der Waals surface area contributed by atoms with Crippen LogP contribution in [0.3, 0.4) is 0 Å². The van der Waals surface area contributed by atoms with Crippen molar-refractivity contribution in [3.05, 3.63) is 63.7 Å². The molecule has 0 radical (unpaired) electrons. The number of rotatable bonds is 7. The molecule has 0 bridgehead atoms. The third kappa shape index (κ3) is 6.26. The molecule has 1 aliphatic heterocycles. The molecule has 6 nitrogen and oxygen atoms in total. The van der Waals surface area contributed by atoms with Gasteiger partial charge in [0, 0.05) is 55.2 Å². The summed E-state index contributed by atoms with van der Waals surface area (Å²) in [4.78, 5) is 16.7. The zero-order valence-electron chi connectivity index (χ0n) is 20.3. The Morgan fingerprint density at radius 1 is 1.03 bits per heavy atom. The third-order valence-corrected chi connectivity index (χ3v) is 7.87. The summed E-state index contributed by atoms with van der Waals surface area (Å²) in [6.07, 6.45) is 6.91. The van der Waals surface area contributed by atoms with Crippen molar-refractivity contribution in [3.8, 4) is 0 Å². The molecule has 2 aromatic carbocycles. The highest BCUT2D eigenvalue weighted by Crippen LogP contribution is 2.31. The number of aryl methyl sites for hydroxylation is 2. The topological polar surface area (TPSA) is 61.6 Å². The zero-order valence-corrected chi connectivity index (χ0v) is 21.2. The molecule has 2 aliphatic rings. The lowest BCUT2D eigenvalue weighted by Crippen LogP contribution is -2.48. The van der Waals surface area contributed by atoms with Crippen molar-refractivity contribution in [1.82, 2.24) is 4.90 Å². The number of thiocarbonyl (C=S) groups is 1. The molecule has 0 aromatic heterocycles. The molecule has 1 saturated carbocycles. The summed E-state index contributed by atoms with van der Waals surface area (Å²) in [6.45, 7) is 8.01. The molecule has 0 amide bonds. The van der Waals surface area contributed by atoms with Crippen LogP contribution in [0.1, 0.15) is 49.7 Å². The van der Waals surface area contributed by atoms with Crippen LogP contribution < -0.4 is 10.2 Å². The van der Waals surface area contributed by atoms with Gasteiger partial charge in [-0.3, -0.25) is 10.1 Å². The van der Waals surface area contributed by atoms with Gasteiger partial charge in [-0.1, -0.05) is 29.9 Å². The van der Waals surface area contributed by atoms with E-state index in [4.69, 9.17) is 12.2 Å². The molecule has 1 N–H and O–H groups in total. The van der Waals surface area contributed by atoms with E-state index < -0.39 is 0 Å². The molecule has 7 heteroatoms. The smallest absolute Gasteiger partial charge is 0.272 e. The lowest BCUT2D eigenvalue weighted by atomic mass is 9.83. The van der Waals surface area contributed by atoms with Crippen LogP contribution >= 0.6 is 12.2 Å². The average Bonchev–Trinajstić information content (AvgIpc) is 2.84. The average molecular weight is 481 g/mol. The van der Waals surface area contributed by atoms with Gasteiger partial charge >= 0.3 is 0 Å². The summed E-state index contributed by atoms with van der Waals surface area (Å²) in [5.41, 5.74) is 4.48. The predicted molar refractivity (Wildman–Crippen MR) is 144 cm³/mol. The van der Waals surface area contributed by atoms with Crippen LogP contribution in [0.4, 0.5) is 17.1 Å². The molecule has 2 fully saturated rings. The highest BCUT2D eigenvalue weighted by molar-refractivity contribution is 7.80. The summed E-state index contributed by atoms with van der Waals surface area (Å²) in [7, 11) is 0. The Labute approximate surface area is 208 Å². The van der Waals surface area contributed by atoms with Crippen molar-refractivity contribution in [3.63, 3.8) is 0 Å². The van der Waals surface area contributed by atoms with Gasteiger partial charge in [-0.05, 0) is 82.6 Å². The lowest BCUT2D eigenvalue weighted by molar-refractivity contribution is -0.385. The summed E-state index contributed by atoms with van der Waals surface area (Å²) in [5, 5.41) is 14.6. The fourth-order valence-electron chi connectivity index (χ4n) is 5.24. The number of nitro groups is 1. The first-order valence-corrected chi connectivity index (χ1v) is 12.9. The van der Waals surface area contributed by atoms with E-state index in [9.17, 15) is 10.1 Å². The first-order chi connectivity index (χ1) is 16.4. The molecule has 182 valence electrons. The maximum Gasteiger partial charge on any atom is 0.272 e. The highest BCUT2D eigenvalue weighted by atomic mass is 32.1. The van der Waals surface area contributed by atoms with E-state index in [0.717, 1.165) is 62.0 Å². The molecule has 34 heavy (non-hydrogen) atoms. The van der Waals surface area contributed by atoms with E-state index >= 15 is 0 Å². The first kappa shape index (κ1) is 24.5. The summed E-state index contributed by atoms with van der Waals surface area (Å²) < 4.78 is 0. The SMILES string of the molecule is Cc1ccc(N2CCN(C(=S)CCC3CCC(Nc4ccc([N+](=O)[O-])c(C)c4)CC3)CC2)cc1. The monoisotopic (exact) mass is 480 g/mol. The number of hydrogen-bond donors (Lipinski definition) is 1. The first-order valence-electron chi connectivity index (χ1n) is 12.5. The van der Waals surface area contributed by atoms with Crippen LogP contribution in [0.5, 0.6) is 0 Å². The second-order valence-corrected chi connectivity index (χ2v) is 10.3. The molecular formula is C27H36N4O2S. The Hall–Kier alpha value is -2.67. The van der Waals surface area contributed by atoms with Crippen LogP contribution in [0.2, 0.25) is 0 Å². The Morgan fingerprint density at radius 3 is 2.32 bits per heavy atom. The second-order valence-electron chi connectivity index (χ2n) is 9.86. The van der Waals surface area contributed by atoms with Gasteiger partial charge in [0.25, 0.3) is 5.69 Å². The molecule has 1 heterocycles. The van der Waals surface area contributed by atoms with Crippen LogP contribution in [0.25, 0.3) is 0 Å². The maximum atomic E-state index is 11.0. The number of benzene rings is 2. The summed E-state index contributed by atoms with van der Waals surface area (Å²) in [5.74, 6) is 0.739. The van der Waals surface area contributed by atoms with Crippen molar-refractivity contribution >= 4 is 34.3 Å². The largest absolute Gasteiger partial charge is 0.382 e. The minimum Gasteiger partial charge on any atom is -0.382 e. The normalized spacial score (nSPS) is 20.8. The molecule has 4 rings (SSSR count). The maximum absolute atomic E-state index is 11.0. The molecule has 1 aliphatic carbocycles. The van der Waals surface area contributed by atoms with E-state index in [1.165, 1.54) is 30.5 Å².